The third kappa shape index (κ3) is 2.09. The van der Waals surface area contributed by atoms with E-state index in [2.05, 4.69) is 0 Å². The van der Waals surface area contributed by atoms with Crippen molar-refractivity contribution in [2.45, 2.75) is 24.6 Å². The summed E-state index contributed by atoms with van der Waals surface area (Å²) in [5.74, 6) is -2.75. The molecule has 4 atom stereocenters. The number of rotatable bonds is 2. The van der Waals surface area contributed by atoms with E-state index in [0.29, 0.717) is 11.1 Å². The third-order valence-electron chi connectivity index (χ3n) is 5.83. The van der Waals surface area contributed by atoms with Gasteiger partial charge in [-0.2, -0.15) is 4.68 Å². The first-order valence-corrected chi connectivity index (χ1v) is 8.62. The van der Waals surface area contributed by atoms with Gasteiger partial charge in [0, 0.05) is 28.5 Å². The SMILES string of the molecule is O=C(c1ccccc1)N(n1c(O)c2c(c1O)[C@@H]1C=C[C@H]2[C@H]2C[C@H]21)C(F)(F)F. The second-order valence-electron chi connectivity index (χ2n) is 7.24. The molecule has 0 unspecified atom stereocenters. The molecule has 0 spiro atoms. The van der Waals surface area contributed by atoms with Crippen molar-refractivity contribution >= 4 is 5.91 Å². The number of halogens is 3. The van der Waals surface area contributed by atoms with E-state index >= 15 is 0 Å². The molecule has 1 aromatic heterocycles. The zero-order chi connectivity index (χ0) is 19.1. The van der Waals surface area contributed by atoms with Gasteiger partial charge in [-0.1, -0.05) is 30.4 Å². The van der Waals surface area contributed by atoms with Gasteiger partial charge in [0.05, 0.1) is 0 Å². The normalized spacial score (nSPS) is 27.2. The van der Waals surface area contributed by atoms with E-state index in [9.17, 15) is 28.2 Å². The molecular weight excluding hydrogens is 361 g/mol. The van der Waals surface area contributed by atoms with Crippen LogP contribution in [0.25, 0.3) is 0 Å². The smallest absolute Gasteiger partial charge is 0.493 e. The molecule has 2 bridgehead atoms. The number of hydrogen-bond donors (Lipinski definition) is 2. The predicted octanol–water partition coefficient (Wildman–Crippen LogP) is 3.58. The molecule has 140 valence electrons. The fraction of sp³-hybridized carbons (Fsp3) is 0.316. The summed E-state index contributed by atoms with van der Waals surface area (Å²) in [5, 5.41) is 20.7. The molecular formula is C19H15F3N2O3. The van der Waals surface area contributed by atoms with E-state index in [1.54, 1.807) is 6.07 Å². The predicted molar refractivity (Wildman–Crippen MR) is 89.0 cm³/mol. The Hall–Kier alpha value is -2.90. The maximum absolute atomic E-state index is 13.8. The molecule has 0 saturated heterocycles. The fourth-order valence-corrected chi connectivity index (χ4v) is 4.65. The lowest BCUT2D eigenvalue weighted by Crippen LogP contribution is -2.50. The lowest BCUT2D eigenvalue weighted by Gasteiger charge is -2.29. The van der Waals surface area contributed by atoms with Crippen LogP contribution in [0.1, 0.15) is 39.7 Å². The number of amides is 1. The van der Waals surface area contributed by atoms with E-state index in [1.165, 1.54) is 24.3 Å². The molecule has 1 amide bonds. The van der Waals surface area contributed by atoms with Crippen molar-refractivity contribution in [1.29, 1.82) is 0 Å². The molecule has 1 saturated carbocycles. The molecule has 4 aliphatic carbocycles. The van der Waals surface area contributed by atoms with Gasteiger partial charge in [0.2, 0.25) is 11.8 Å². The van der Waals surface area contributed by atoms with Gasteiger partial charge >= 0.3 is 6.30 Å². The van der Waals surface area contributed by atoms with Crippen molar-refractivity contribution in [2.75, 3.05) is 5.01 Å². The van der Waals surface area contributed by atoms with Crippen LogP contribution < -0.4 is 5.01 Å². The van der Waals surface area contributed by atoms with Gasteiger partial charge in [-0.3, -0.25) is 4.79 Å². The van der Waals surface area contributed by atoms with E-state index in [-0.39, 0.29) is 33.9 Å². The van der Waals surface area contributed by atoms with Crippen molar-refractivity contribution in [3.63, 3.8) is 0 Å². The average molecular weight is 376 g/mol. The summed E-state index contributed by atoms with van der Waals surface area (Å²) < 4.78 is 41.6. The first kappa shape index (κ1) is 16.3. The Labute approximate surface area is 151 Å². The topological polar surface area (TPSA) is 65.7 Å². The zero-order valence-corrected chi connectivity index (χ0v) is 13.9. The quantitative estimate of drug-likeness (QED) is 0.622. The molecule has 1 heterocycles. The van der Waals surface area contributed by atoms with Crippen LogP contribution >= 0.6 is 0 Å². The number of carbonyl (C=O) groups is 1. The second-order valence-corrected chi connectivity index (χ2v) is 7.24. The summed E-state index contributed by atoms with van der Waals surface area (Å²) in [6, 6.07) is 6.96. The number of carbonyl (C=O) groups excluding carboxylic acids is 1. The van der Waals surface area contributed by atoms with Gasteiger partial charge in [-0.25, -0.2) is 0 Å². The number of aromatic nitrogens is 1. The van der Waals surface area contributed by atoms with Crippen LogP contribution in [-0.2, 0) is 0 Å². The lowest BCUT2D eigenvalue weighted by atomic mass is 9.73. The van der Waals surface area contributed by atoms with Gasteiger partial charge in [-0.15, -0.1) is 18.2 Å². The molecule has 27 heavy (non-hydrogen) atoms. The first-order chi connectivity index (χ1) is 12.8. The minimum Gasteiger partial charge on any atom is -0.493 e. The van der Waals surface area contributed by atoms with Crippen molar-refractivity contribution < 1.29 is 28.2 Å². The largest absolute Gasteiger partial charge is 0.506 e. The maximum Gasteiger partial charge on any atom is 0.506 e. The highest BCUT2D eigenvalue weighted by molar-refractivity contribution is 6.02. The van der Waals surface area contributed by atoms with Crippen LogP contribution in [0, 0.1) is 11.8 Å². The summed E-state index contributed by atoms with van der Waals surface area (Å²) in [6.45, 7) is 0. The summed E-state index contributed by atoms with van der Waals surface area (Å²) in [6.07, 6.45) is -0.468. The Balaban J connectivity index is 1.68. The molecule has 5 nitrogen and oxygen atoms in total. The molecule has 0 radical (unpaired) electrons. The first-order valence-electron chi connectivity index (χ1n) is 8.62. The Morgan fingerprint density at radius 3 is 2.00 bits per heavy atom. The molecule has 4 aliphatic rings. The summed E-state index contributed by atoms with van der Waals surface area (Å²) in [7, 11) is 0. The highest BCUT2D eigenvalue weighted by Gasteiger charge is 2.58. The van der Waals surface area contributed by atoms with Gasteiger partial charge in [0.15, 0.2) is 0 Å². The Morgan fingerprint density at radius 1 is 1.00 bits per heavy atom. The summed E-state index contributed by atoms with van der Waals surface area (Å²) >= 11 is 0. The van der Waals surface area contributed by atoms with Crippen molar-refractivity contribution in [3.05, 3.63) is 59.2 Å². The number of allylic oxidation sites excluding steroid dienone is 2. The number of hydrogen-bond acceptors (Lipinski definition) is 3. The van der Waals surface area contributed by atoms with Gasteiger partial charge < -0.3 is 10.2 Å². The van der Waals surface area contributed by atoms with Gasteiger partial charge in [-0.05, 0) is 30.4 Å². The van der Waals surface area contributed by atoms with Gasteiger partial charge in [0.1, 0.15) is 0 Å². The highest BCUT2D eigenvalue weighted by atomic mass is 19.4. The van der Waals surface area contributed by atoms with Crippen molar-refractivity contribution in [2.24, 2.45) is 11.8 Å². The van der Waals surface area contributed by atoms with Crippen molar-refractivity contribution in [3.8, 4) is 11.8 Å². The monoisotopic (exact) mass is 376 g/mol. The number of alkyl halides is 3. The Bertz CT molecular complexity index is 939. The van der Waals surface area contributed by atoms with E-state index in [1.807, 2.05) is 12.2 Å². The highest BCUT2D eigenvalue weighted by Crippen LogP contribution is 2.68. The van der Waals surface area contributed by atoms with Crippen LogP contribution in [0.2, 0.25) is 0 Å². The van der Waals surface area contributed by atoms with E-state index in [0.717, 1.165) is 6.42 Å². The number of nitrogens with zero attached hydrogens (tertiary/aromatic N) is 2. The Morgan fingerprint density at radius 2 is 1.52 bits per heavy atom. The second kappa shape index (κ2) is 5.09. The molecule has 0 aliphatic heterocycles. The maximum atomic E-state index is 13.8. The Kier molecular flexibility index (Phi) is 3.07. The summed E-state index contributed by atoms with van der Waals surface area (Å²) in [5.41, 5.74) is 0.395. The minimum absolute atomic E-state index is 0.204. The van der Waals surface area contributed by atoms with Crippen LogP contribution in [0.3, 0.4) is 0 Å². The zero-order valence-electron chi connectivity index (χ0n) is 13.9. The van der Waals surface area contributed by atoms with Crippen LogP contribution in [-0.4, -0.2) is 27.1 Å². The molecule has 6 rings (SSSR count). The van der Waals surface area contributed by atoms with Crippen LogP contribution in [0.4, 0.5) is 13.2 Å². The summed E-state index contributed by atoms with van der Waals surface area (Å²) in [4.78, 5) is 12.6. The lowest BCUT2D eigenvalue weighted by molar-refractivity contribution is -0.139. The average Bonchev–Trinajstić information content (AvgIpc) is 3.42. The standard InChI is InChI=1S/C19H15F3N2O3/c20-19(21,22)24(16(25)9-4-2-1-3-5-9)23-17(26)14-10-6-7-11(13-8-12(10)13)15(14)18(23)27/h1-7,10-13,26-27H,8H2/t10-,11+,12+,13-. The fourth-order valence-electron chi connectivity index (χ4n) is 4.65. The van der Waals surface area contributed by atoms with Crippen LogP contribution in [0.5, 0.6) is 11.8 Å². The molecule has 2 aromatic rings. The minimum atomic E-state index is -5.14. The molecule has 2 N–H and O–H groups in total. The molecule has 1 fully saturated rings. The van der Waals surface area contributed by atoms with Crippen LogP contribution in [0.15, 0.2) is 42.5 Å². The van der Waals surface area contributed by atoms with E-state index in [4.69, 9.17) is 0 Å². The number of aromatic hydroxyl groups is 2. The number of benzene rings is 1. The van der Waals surface area contributed by atoms with Gasteiger partial charge in [0.25, 0.3) is 5.91 Å². The van der Waals surface area contributed by atoms with E-state index < -0.39 is 29.0 Å². The third-order valence-corrected chi connectivity index (χ3v) is 5.83. The van der Waals surface area contributed by atoms with Crippen molar-refractivity contribution in [1.82, 2.24) is 4.68 Å². The molecule has 1 aromatic carbocycles. The molecule has 8 heteroatoms.